The minimum atomic E-state index is -1.06. The van der Waals surface area contributed by atoms with E-state index in [0.29, 0.717) is 17.0 Å². The minimum Gasteiger partial charge on any atom is -0.484 e. The maximum atomic E-state index is 12.7. The number of ether oxygens (including phenoxy) is 1. The van der Waals surface area contributed by atoms with E-state index in [9.17, 15) is 14.0 Å². The summed E-state index contributed by atoms with van der Waals surface area (Å²) in [5.41, 5.74) is 0.995. The summed E-state index contributed by atoms with van der Waals surface area (Å²) in [6.45, 7) is 1.35. The number of rotatable bonds is 5. The number of halogens is 1. The Balaban J connectivity index is 1.99. The van der Waals surface area contributed by atoms with Gasteiger partial charge in [0, 0.05) is 5.69 Å². The summed E-state index contributed by atoms with van der Waals surface area (Å²) in [5, 5.41) is 11.6. The Labute approximate surface area is 126 Å². The number of carboxylic acids is 1. The fourth-order valence-corrected chi connectivity index (χ4v) is 1.87. The lowest BCUT2D eigenvalue weighted by molar-refractivity contribution is -0.118. The number of carbonyl (C=O) groups excluding carboxylic acids is 1. The van der Waals surface area contributed by atoms with Crippen LogP contribution in [0.1, 0.15) is 15.9 Å². The molecule has 0 saturated carbocycles. The monoisotopic (exact) mass is 303 g/mol. The van der Waals surface area contributed by atoms with Gasteiger partial charge in [0.05, 0.1) is 5.56 Å². The van der Waals surface area contributed by atoms with E-state index >= 15 is 0 Å². The van der Waals surface area contributed by atoms with Gasteiger partial charge in [-0.05, 0) is 48.9 Å². The lowest BCUT2D eigenvalue weighted by Crippen LogP contribution is -2.21. The second-order valence-electron chi connectivity index (χ2n) is 4.57. The fraction of sp³-hybridized carbons (Fsp3) is 0.125. The SMILES string of the molecule is Cc1c(NC(=O)COc2ccc(F)cc2)cccc1C(=O)O. The van der Waals surface area contributed by atoms with E-state index in [0.717, 1.165) is 0 Å². The maximum Gasteiger partial charge on any atom is 0.336 e. The van der Waals surface area contributed by atoms with Crippen LogP contribution in [0.2, 0.25) is 0 Å². The first kappa shape index (κ1) is 15.5. The molecule has 0 bridgehead atoms. The molecule has 0 saturated heterocycles. The van der Waals surface area contributed by atoms with Crippen LogP contribution in [0.15, 0.2) is 42.5 Å². The Morgan fingerprint density at radius 2 is 1.86 bits per heavy atom. The molecule has 0 aliphatic heterocycles. The molecule has 2 aromatic carbocycles. The molecule has 0 unspecified atom stereocenters. The second kappa shape index (κ2) is 6.71. The van der Waals surface area contributed by atoms with Crippen molar-refractivity contribution in [2.24, 2.45) is 0 Å². The van der Waals surface area contributed by atoms with Crippen molar-refractivity contribution in [3.05, 3.63) is 59.4 Å². The molecule has 0 atom stereocenters. The number of amides is 1. The van der Waals surface area contributed by atoms with Gasteiger partial charge >= 0.3 is 5.97 Å². The fourth-order valence-electron chi connectivity index (χ4n) is 1.87. The van der Waals surface area contributed by atoms with E-state index in [-0.39, 0.29) is 12.2 Å². The summed E-state index contributed by atoms with van der Waals surface area (Å²) in [6.07, 6.45) is 0. The van der Waals surface area contributed by atoms with Crippen LogP contribution in [-0.2, 0) is 4.79 Å². The lowest BCUT2D eigenvalue weighted by atomic mass is 10.1. The van der Waals surface area contributed by atoms with E-state index in [4.69, 9.17) is 9.84 Å². The molecule has 0 aliphatic rings. The predicted molar refractivity (Wildman–Crippen MR) is 78.7 cm³/mol. The third-order valence-corrected chi connectivity index (χ3v) is 3.02. The van der Waals surface area contributed by atoms with Crippen LogP contribution >= 0.6 is 0 Å². The topological polar surface area (TPSA) is 75.6 Å². The molecule has 0 aromatic heterocycles. The van der Waals surface area contributed by atoms with Crippen molar-refractivity contribution < 1.29 is 23.8 Å². The molecule has 0 spiro atoms. The largest absolute Gasteiger partial charge is 0.484 e. The molecule has 0 heterocycles. The zero-order valence-corrected chi connectivity index (χ0v) is 11.8. The van der Waals surface area contributed by atoms with Crippen molar-refractivity contribution in [1.82, 2.24) is 0 Å². The molecule has 22 heavy (non-hydrogen) atoms. The number of hydrogen-bond donors (Lipinski definition) is 2. The Morgan fingerprint density at radius 1 is 1.18 bits per heavy atom. The standard InChI is InChI=1S/C16H14FNO4/c1-10-13(16(20)21)3-2-4-14(10)18-15(19)9-22-12-7-5-11(17)6-8-12/h2-8H,9H2,1H3,(H,18,19)(H,20,21). The Kier molecular flexibility index (Phi) is 4.73. The van der Waals surface area contributed by atoms with Gasteiger partial charge in [-0.2, -0.15) is 0 Å². The third kappa shape index (κ3) is 3.82. The number of hydrogen-bond acceptors (Lipinski definition) is 3. The van der Waals surface area contributed by atoms with Gasteiger partial charge in [-0.25, -0.2) is 9.18 Å². The zero-order valence-electron chi connectivity index (χ0n) is 11.8. The minimum absolute atomic E-state index is 0.122. The van der Waals surface area contributed by atoms with Crippen molar-refractivity contribution in [3.63, 3.8) is 0 Å². The van der Waals surface area contributed by atoms with E-state index in [2.05, 4.69) is 5.32 Å². The van der Waals surface area contributed by atoms with Crippen LogP contribution in [0, 0.1) is 12.7 Å². The molecule has 2 N–H and O–H groups in total. The number of carbonyl (C=O) groups is 2. The third-order valence-electron chi connectivity index (χ3n) is 3.02. The van der Waals surface area contributed by atoms with Gasteiger partial charge in [0.25, 0.3) is 5.91 Å². The summed E-state index contributed by atoms with van der Waals surface area (Å²) in [6, 6.07) is 9.91. The van der Waals surface area contributed by atoms with Crippen LogP contribution in [-0.4, -0.2) is 23.6 Å². The first-order valence-electron chi connectivity index (χ1n) is 6.48. The van der Waals surface area contributed by atoms with Crippen molar-refractivity contribution in [3.8, 4) is 5.75 Å². The molecule has 114 valence electrons. The highest BCUT2D eigenvalue weighted by Gasteiger charge is 2.12. The van der Waals surface area contributed by atoms with Gasteiger partial charge in [0.2, 0.25) is 0 Å². The van der Waals surface area contributed by atoms with E-state index in [1.165, 1.54) is 30.3 Å². The van der Waals surface area contributed by atoms with Gasteiger partial charge in [0.1, 0.15) is 11.6 Å². The quantitative estimate of drug-likeness (QED) is 0.890. The lowest BCUT2D eigenvalue weighted by Gasteiger charge is -2.11. The molecular formula is C16H14FNO4. The Morgan fingerprint density at radius 3 is 2.50 bits per heavy atom. The second-order valence-corrected chi connectivity index (χ2v) is 4.57. The first-order valence-corrected chi connectivity index (χ1v) is 6.48. The van der Waals surface area contributed by atoms with Gasteiger partial charge < -0.3 is 15.2 Å². The van der Waals surface area contributed by atoms with E-state index in [1.54, 1.807) is 19.1 Å². The van der Waals surface area contributed by atoms with Gasteiger partial charge in [-0.1, -0.05) is 6.07 Å². The highest BCUT2D eigenvalue weighted by atomic mass is 19.1. The van der Waals surface area contributed by atoms with Crippen molar-refractivity contribution in [2.45, 2.75) is 6.92 Å². The number of carboxylic acid groups (broad SMARTS) is 1. The van der Waals surface area contributed by atoms with Crippen molar-refractivity contribution in [1.29, 1.82) is 0 Å². The molecular weight excluding hydrogens is 289 g/mol. The molecule has 2 rings (SSSR count). The summed E-state index contributed by atoms with van der Waals surface area (Å²) in [7, 11) is 0. The number of aromatic carboxylic acids is 1. The molecule has 2 aromatic rings. The van der Waals surface area contributed by atoms with Gasteiger partial charge in [-0.3, -0.25) is 4.79 Å². The highest BCUT2D eigenvalue weighted by Crippen LogP contribution is 2.19. The van der Waals surface area contributed by atoms with Crippen molar-refractivity contribution in [2.75, 3.05) is 11.9 Å². The average molecular weight is 303 g/mol. The van der Waals surface area contributed by atoms with Crippen LogP contribution < -0.4 is 10.1 Å². The average Bonchev–Trinajstić information content (AvgIpc) is 2.48. The van der Waals surface area contributed by atoms with Crippen LogP contribution in [0.4, 0.5) is 10.1 Å². The molecule has 0 fully saturated rings. The molecule has 0 radical (unpaired) electrons. The molecule has 1 amide bonds. The number of anilines is 1. The maximum absolute atomic E-state index is 12.7. The number of benzene rings is 2. The Bertz CT molecular complexity index is 698. The van der Waals surface area contributed by atoms with Crippen LogP contribution in [0.3, 0.4) is 0 Å². The Hall–Kier alpha value is -2.89. The number of nitrogens with one attached hydrogen (secondary N) is 1. The van der Waals surface area contributed by atoms with Gasteiger partial charge in [-0.15, -0.1) is 0 Å². The highest BCUT2D eigenvalue weighted by molar-refractivity contribution is 5.96. The summed E-state index contributed by atoms with van der Waals surface area (Å²) in [4.78, 5) is 22.9. The van der Waals surface area contributed by atoms with Crippen molar-refractivity contribution >= 4 is 17.6 Å². The zero-order chi connectivity index (χ0) is 16.1. The van der Waals surface area contributed by atoms with E-state index in [1.807, 2.05) is 0 Å². The molecule has 5 nitrogen and oxygen atoms in total. The summed E-state index contributed by atoms with van der Waals surface area (Å²) in [5.74, 6) is -1.52. The van der Waals surface area contributed by atoms with E-state index < -0.39 is 17.7 Å². The van der Waals surface area contributed by atoms with Crippen LogP contribution in [0.25, 0.3) is 0 Å². The normalized spacial score (nSPS) is 10.1. The first-order chi connectivity index (χ1) is 10.5. The van der Waals surface area contributed by atoms with Crippen LogP contribution in [0.5, 0.6) is 5.75 Å². The molecule has 6 heteroatoms. The summed E-state index contributed by atoms with van der Waals surface area (Å²) >= 11 is 0. The summed E-state index contributed by atoms with van der Waals surface area (Å²) < 4.78 is 18.0. The van der Waals surface area contributed by atoms with Gasteiger partial charge in [0.15, 0.2) is 6.61 Å². The smallest absolute Gasteiger partial charge is 0.336 e. The predicted octanol–water partition coefficient (Wildman–Crippen LogP) is 2.85. The molecule has 0 aliphatic carbocycles.